The molecule has 6 rings (SSSR count). The molecule has 6 nitrogen and oxygen atoms in total. The van der Waals surface area contributed by atoms with Crippen molar-refractivity contribution in [2.75, 3.05) is 13.1 Å². The van der Waals surface area contributed by atoms with E-state index in [0.717, 1.165) is 69.7 Å². The number of alkyl halides is 3. The number of amides is 1. The second-order valence-corrected chi connectivity index (χ2v) is 13.4. The lowest BCUT2D eigenvalue weighted by Crippen LogP contribution is -2.42. The predicted octanol–water partition coefficient (Wildman–Crippen LogP) is 6.51. The molecule has 3 fully saturated rings. The van der Waals surface area contributed by atoms with Crippen molar-refractivity contribution in [1.82, 2.24) is 14.9 Å². The lowest BCUT2D eigenvalue weighted by atomic mass is 9.86. The maximum absolute atomic E-state index is 13.4. The summed E-state index contributed by atoms with van der Waals surface area (Å²) in [6.07, 6.45) is 4.04. The number of nitrogens with one attached hydrogen (secondary N) is 2. The number of benzene rings is 2. The minimum atomic E-state index is -4.45. The third-order valence-electron chi connectivity index (χ3n) is 8.28. The minimum Gasteiger partial charge on any atom is -0.349 e. The zero-order valence-corrected chi connectivity index (χ0v) is 22.8. The quantitative estimate of drug-likeness (QED) is 0.269. The van der Waals surface area contributed by atoms with Crippen molar-refractivity contribution in [2.24, 2.45) is 5.92 Å². The van der Waals surface area contributed by atoms with E-state index < -0.39 is 22.5 Å². The first-order valence-electron chi connectivity index (χ1n) is 14.1. The molecule has 0 aromatic heterocycles. The van der Waals surface area contributed by atoms with Gasteiger partial charge >= 0.3 is 6.18 Å². The Morgan fingerprint density at radius 2 is 1.87 bits per heavy atom. The molecular weight excluding hydrogens is 527 g/mol. The van der Waals surface area contributed by atoms with E-state index in [9.17, 15) is 18.0 Å². The Labute approximate surface area is 229 Å². The van der Waals surface area contributed by atoms with Crippen molar-refractivity contribution in [3.8, 4) is 0 Å². The van der Waals surface area contributed by atoms with Crippen molar-refractivity contribution in [1.29, 1.82) is 0 Å². The largest absolute Gasteiger partial charge is 0.416 e. The number of halogens is 3. The molecule has 2 aliphatic heterocycles. The van der Waals surface area contributed by atoms with E-state index in [0.29, 0.717) is 11.4 Å². The van der Waals surface area contributed by atoms with Gasteiger partial charge < -0.3 is 10.6 Å². The number of piperidine rings is 1. The van der Waals surface area contributed by atoms with Crippen LogP contribution in [0.2, 0.25) is 0 Å². The number of hydrogen-bond donors (Lipinski definition) is 2. The molecule has 2 aromatic carbocycles. The molecule has 2 atom stereocenters. The van der Waals surface area contributed by atoms with Gasteiger partial charge in [-0.25, -0.2) is 0 Å². The van der Waals surface area contributed by atoms with Crippen LogP contribution in [-0.2, 0) is 32.6 Å². The second kappa shape index (κ2) is 11.0. The highest BCUT2D eigenvalue weighted by molar-refractivity contribution is 8.27. The molecule has 2 N–H and O–H groups in total. The number of aryl methyl sites for hydroxylation is 1. The van der Waals surface area contributed by atoms with Crippen molar-refractivity contribution >= 4 is 16.7 Å². The Balaban J connectivity index is 1.11. The van der Waals surface area contributed by atoms with E-state index in [-0.39, 0.29) is 24.4 Å². The molecule has 0 bridgehead atoms. The lowest BCUT2D eigenvalue weighted by Gasteiger charge is -2.40. The number of carbonyl (C=O) groups excluding carboxylic acids is 1. The monoisotopic (exact) mass is 563 g/mol. The summed E-state index contributed by atoms with van der Waals surface area (Å²) in [4.78, 5) is 13.7. The van der Waals surface area contributed by atoms with Crippen LogP contribution in [0.1, 0.15) is 79.7 Å². The number of carbonyl (C=O) groups is 1. The molecule has 0 radical (unpaired) electrons. The van der Waals surface area contributed by atoms with Crippen LogP contribution >= 0.6 is 10.8 Å². The van der Waals surface area contributed by atoms with Crippen molar-refractivity contribution in [2.45, 2.75) is 87.5 Å². The van der Waals surface area contributed by atoms with Gasteiger partial charge in [-0.3, -0.25) is 4.79 Å². The Morgan fingerprint density at radius 3 is 2.64 bits per heavy atom. The summed E-state index contributed by atoms with van der Waals surface area (Å²) in [5, 5.41) is 6.82. The van der Waals surface area contributed by atoms with Gasteiger partial charge in [-0.2, -0.15) is 17.5 Å². The fourth-order valence-corrected chi connectivity index (χ4v) is 8.25. The molecule has 2 heterocycles. The van der Waals surface area contributed by atoms with Crippen LogP contribution in [0.4, 0.5) is 13.2 Å². The van der Waals surface area contributed by atoms with E-state index >= 15 is 0 Å². The maximum atomic E-state index is 13.4. The Bertz CT molecular complexity index is 1200. The fraction of sp³-hybridized carbons (Fsp3) is 0.552. The first kappa shape index (κ1) is 27.1. The summed E-state index contributed by atoms with van der Waals surface area (Å²) in [5.41, 5.74) is 3.06. The molecule has 1 saturated carbocycles. The van der Waals surface area contributed by atoms with E-state index in [1.807, 2.05) is 4.31 Å². The number of fused-ring (bicyclic) bond motifs is 1. The Kier molecular flexibility index (Phi) is 7.67. The summed E-state index contributed by atoms with van der Waals surface area (Å²) in [6.45, 7) is 2.58. The third-order valence-corrected chi connectivity index (χ3v) is 10.6. The molecule has 39 heavy (non-hydrogen) atoms. The van der Waals surface area contributed by atoms with Gasteiger partial charge in [0.05, 0.1) is 16.5 Å². The second-order valence-electron chi connectivity index (χ2n) is 11.3. The molecule has 2 saturated heterocycles. The molecule has 4 aliphatic rings. The molecule has 2 aliphatic carbocycles. The third kappa shape index (κ3) is 6.15. The highest BCUT2D eigenvalue weighted by Gasteiger charge is 2.51. The first-order chi connectivity index (χ1) is 18.8. The molecule has 10 heteroatoms. The summed E-state index contributed by atoms with van der Waals surface area (Å²) >= 11 is 0. The average molecular weight is 564 g/mol. The van der Waals surface area contributed by atoms with Crippen LogP contribution in [-0.4, -0.2) is 29.3 Å². The molecule has 0 spiro atoms. The zero-order chi connectivity index (χ0) is 27.0. The van der Waals surface area contributed by atoms with Crippen LogP contribution in [0.25, 0.3) is 0 Å². The van der Waals surface area contributed by atoms with Gasteiger partial charge in [-0.05, 0) is 103 Å². The van der Waals surface area contributed by atoms with Crippen LogP contribution in [0.5, 0.6) is 0 Å². The van der Waals surface area contributed by atoms with Crippen LogP contribution in [0.3, 0.4) is 0 Å². The zero-order valence-electron chi connectivity index (χ0n) is 22.0. The highest BCUT2D eigenvalue weighted by Crippen LogP contribution is 2.75. The van der Waals surface area contributed by atoms with Crippen molar-refractivity contribution < 1.29 is 26.6 Å². The van der Waals surface area contributed by atoms with Gasteiger partial charge in [0.2, 0.25) is 5.91 Å². The smallest absolute Gasteiger partial charge is 0.349 e. The molecule has 1 amide bonds. The van der Waals surface area contributed by atoms with Gasteiger partial charge in [0.15, 0.2) is 0 Å². The topological polar surface area (TPSA) is 69.4 Å². The normalized spacial score (nSPS) is 25.5. The van der Waals surface area contributed by atoms with Crippen LogP contribution < -0.4 is 10.6 Å². The Morgan fingerprint density at radius 1 is 1.03 bits per heavy atom. The fourth-order valence-electron chi connectivity index (χ4n) is 5.98. The highest BCUT2D eigenvalue weighted by atomic mass is 32.3. The number of rotatable bonds is 9. The first-order valence-corrected chi connectivity index (χ1v) is 15.5. The number of nitrogens with zero attached hydrogens (tertiary/aromatic N) is 1. The van der Waals surface area contributed by atoms with E-state index in [1.165, 1.54) is 35.6 Å². The SMILES string of the molecule is O=C(C[C@@H]1CCCCN1S1(c2cccc(C(F)(F)F)c2)OO1)N[C@@H]1CCCc2cc(CNCC3CC3)ccc21. The van der Waals surface area contributed by atoms with Crippen LogP contribution in [0, 0.1) is 5.92 Å². The van der Waals surface area contributed by atoms with Gasteiger partial charge in [0.1, 0.15) is 0 Å². The summed E-state index contributed by atoms with van der Waals surface area (Å²) in [7, 11) is -2.44. The maximum Gasteiger partial charge on any atom is 0.416 e. The van der Waals surface area contributed by atoms with Crippen molar-refractivity contribution in [3.63, 3.8) is 0 Å². The molecule has 2 aromatic rings. The summed E-state index contributed by atoms with van der Waals surface area (Å²) in [5.74, 6) is 0.807. The van der Waals surface area contributed by atoms with Gasteiger partial charge in [0, 0.05) is 25.6 Å². The van der Waals surface area contributed by atoms with E-state index in [1.54, 1.807) is 6.07 Å². The van der Waals surface area contributed by atoms with E-state index in [2.05, 4.69) is 28.8 Å². The van der Waals surface area contributed by atoms with Crippen molar-refractivity contribution in [3.05, 3.63) is 64.7 Å². The average Bonchev–Trinajstić information content (AvgIpc) is 3.85. The van der Waals surface area contributed by atoms with Gasteiger partial charge in [0.25, 0.3) is 0 Å². The van der Waals surface area contributed by atoms with E-state index in [4.69, 9.17) is 8.67 Å². The summed E-state index contributed by atoms with van der Waals surface area (Å²) in [6, 6.07) is 11.6. The Hall–Kier alpha value is -2.11. The molecule has 212 valence electrons. The summed E-state index contributed by atoms with van der Waals surface area (Å²) < 4.78 is 53.0. The predicted molar refractivity (Wildman–Crippen MR) is 143 cm³/mol. The molecular formula is C29H36F3N3O3S. The van der Waals surface area contributed by atoms with Gasteiger partial charge in [-0.15, -0.1) is 0 Å². The molecule has 0 unspecified atom stereocenters. The lowest BCUT2D eigenvalue weighted by molar-refractivity contribution is -0.137. The standard InChI is InChI=1S/C29H36F3N3O3S/c30-29(31,32)23-6-4-8-25(16-23)39(37-38-39)35-14-2-1-7-24(35)17-28(36)34-27-9-3-5-22-15-21(12-13-26(22)27)19-33-18-20-10-11-20/h4,6,8,12-13,15-16,20,24,27,33H,1-3,5,7,9-11,14,17-19H2,(H,34,36)/t24-,27+/m0/s1. The van der Waals surface area contributed by atoms with Gasteiger partial charge in [-0.1, -0.05) is 39.4 Å². The van der Waals surface area contributed by atoms with Crippen LogP contribution in [0.15, 0.2) is 47.4 Å². The number of hydrogen-bond acceptors (Lipinski definition) is 5. The minimum absolute atomic E-state index is 0.0232.